The van der Waals surface area contributed by atoms with Crippen molar-refractivity contribution < 1.29 is 4.74 Å². The monoisotopic (exact) mass is 290 g/mol. The van der Waals surface area contributed by atoms with Crippen LogP contribution in [0.15, 0.2) is 12.5 Å². The second kappa shape index (κ2) is 7.12. The molecule has 0 unspecified atom stereocenters. The Morgan fingerprint density at radius 1 is 1.33 bits per heavy atom. The van der Waals surface area contributed by atoms with Gasteiger partial charge in [0.15, 0.2) is 5.75 Å². The first-order valence-electron chi connectivity index (χ1n) is 7.20. The number of nitrogens with zero attached hydrogens (tertiary/aromatic N) is 5. The molecule has 1 N–H and O–H groups in total. The Kier molecular flexibility index (Phi) is 5.21. The molecule has 114 valence electrons. The molecule has 0 aliphatic rings. The average Bonchev–Trinajstić information content (AvgIpc) is 2.86. The molecule has 0 atom stereocenters. The lowest BCUT2D eigenvalue weighted by molar-refractivity contribution is 0.424. The highest BCUT2D eigenvalue weighted by molar-refractivity contribution is 5.27. The minimum absolute atomic E-state index is 0.275. The zero-order valence-electron chi connectivity index (χ0n) is 13.0. The van der Waals surface area contributed by atoms with Crippen LogP contribution in [0.2, 0.25) is 0 Å². The normalized spacial score (nSPS) is 11.1. The fraction of sp³-hybridized carbons (Fsp3) is 0.571. The molecule has 0 aromatic carbocycles. The third-order valence-corrected chi connectivity index (χ3v) is 2.86. The Labute approximate surface area is 124 Å². The number of aryl methyl sites for hydroxylation is 1. The van der Waals surface area contributed by atoms with E-state index >= 15 is 0 Å². The maximum Gasteiger partial charge on any atom is 0.341 e. The maximum atomic E-state index is 5.69. The summed E-state index contributed by atoms with van der Waals surface area (Å²) in [6, 6.07) is 0.301. The Bertz CT molecular complexity index is 581. The van der Waals surface area contributed by atoms with Crippen LogP contribution in [0.4, 0.5) is 0 Å². The molecule has 0 aliphatic carbocycles. The summed E-state index contributed by atoms with van der Waals surface area (Å²) in [6.45, 7) is 7.83. The van der Waals surface area contributed by atoms with Gasteiger partial charge < -0.3 is 10.1 Å². The van der Waals surface area contributed by atoms with Crippen molar-refractivity contribution in [1.29, 1.82) is 0 Å². The van der Waals surface area contributed by atoms with Crippen LogP contribution in [0.5, 0.6) is 11.8 Å². The smallest absolute Gasteiger partial charge is 0.341 e. The van der Waals surface area contributed by atoms with Crippen molar-refractivity contribution in [1.82, 2.24) is 30.0 Å². The van der Waals surface area contributed by atoms with Crippen molar-refractivity contribution in [3.8, 4) is 11.8 Å². The molecule has 0 radical (unpaired) electrons. The van der Waals surface area contributed by atoms with Crippen LogP contribution in [0.3, 0.4) is 0 Å². The molecule has 0 aliphatic heterocycles. The first kappa shape index (κ1) is 15.4. The molecule has 7 nitrogen and oxygen atoms in total. The average molecular weight is 290 g/mol. The van der Waals surface area contributed by atoms with E-state index in [4.69, 9.17) is 4.74 Å². The number of aromatic nitrogens is 5. The molecule has 0 fully saturated rings. The zero-order chi connectivity index (χ0) is 15.2. The van der Waals surface area contributed by atoms with Gasteiger partial charge in [-0.3, -0.25) is 4.68 Å². The lowest BCUT2D eigenvalue weighted by atomic mass is 10.2. The molecule has 2 heterocycles. The highest BCUT2D eigenvalue weighted by Gasteiger charge is 2.13. The molecule has 7 heteroatoms. The van der Waals surface area contributed by atoms with Crippen LogP contribution >= 0.6 is 0 Å². The second-order valence-electron chi connectivity index (χ2n) is 5.17. The van der Waals surface area contributed by atoms with Crippen LogP contribution in [0.1, 0.15) is 44.6 Å². The van der Waals surface area contributed by atoms with E-state index in [0.29, 0.717) is 18.3 Å². The van der Waals surface area contributed by atoms with Gasteiger partial charge >= 0.3 is 6.01 Å². The van der Waals surface area contributed by atoms with Gasteiger partial charge in [0.25, 0.3) is 0 Å². The molecule has 0 bridgehead atoms. The Morgan fingerprint density at radius 2 is 2.14 bits per heavy atom. The third-order valence-electron chi connectivity index (χ3n) is 2.86. The fourth-order valence-electron chi connectivity index (χ4n) is 1.76. The van der Waals surface area contributed by atoms with Gasteiger partial charge in [-0.15, -0.1) is 5.10 Å². The molecular formula is C14H22N6O. The van der Waals surface area contributed by atoms with Crippen molar-refractivity contribution >= 4 is 0 Å². The molecule has 2 aromatic heterocycles. The quantitative estimate of drug-likeness (QED) is 0.786. The summed E-state index contributed by atoms with van der Waals surface area (Å²) in [5.74, 6) is 1.68. The summed E-state index contributed by atoms with van der Waals surface area (Å²) >= 11 is 0. The Morgan fingerprint density at radius 3 is 2.76 bits per heavy atom. The van der Waals surface area contributed by atoms with Crippen molar-refractivity contribution in [2.45, 2.75) is 39.7 Å². The van der Waals surface area contributed by atoms with Gasteiger partial charge in [-0.25, -0.2) is 9.97 Å². The van der Waals surface area contributed by atoms with Crippen LogP contribution in [-0.2, 0) is 13.6 Å². The van der Waals surface area contributed by atoms with Crippen LogP contribution < -0.4 is 10.1 Å². The van der Waals surface area contributed by atoms with Gasteiger partial charge in [-0.2, -0.15) is 4.98 Å². The predicted molar refractivity (Wildman–Crippen MR) is 79.2 cm³/mol. The number of hydrogen-bond acceptors (Lipinski definition) is 6. The minimum Gasteiger partial charge on any atom is -0.420 e. The Balaban J connectivity index is 2.20. The van der Waals surface area contributed by atoms with Gasteiger partial charge in [0.2, 0.25) is 0 Å². The molecule has 21 heavy (non-hydrogen) atoms. The standard InChI is InChI=1S/C14H22N6O/c1-5-6-15-7-11-12(8-16-13(18-11)10(2)3)21-14-17-9-20(4)19-14/h8-10,15H,5-7H2,1-4H3. The zero-order valence-corrected chi connectivity index (χ0v) is 13.0. The Hall–Kier alpha value is -2.02. The summed E-state index contributed by atoms with van der Waals surface area (Å²) in [6.07, 6.45) is 4.36. The minimum atomic E-state index is 0.275. The molecular weight excluding hydrogens is 268 g/mol. The second-order valence-corrected chi connectivity index (χ2v) is 5.17. The van der Waals surface area contributed by atoms with E-state index in [0.717, 1.165) is 24.5 Å². The molecule has 2 aromatic rings. The van der Waals surface area contributed by atoms with E-state index in [-0.39, 0.29) is 5.92 Å². The summed E-state index contributed by atoms with van der Waals surface area (Å²) in [4.78, 5) is 13.0. The van der Waals surface area contributed by atoms with E-state index < -0.39 is 0 Å². The van der Waals surface area contributed by atoms with Crippen molar-refractivity contribution in [2.24, 2.45) is 7.05 Å². The van der Waals surface area contributed by atoms with Gasteiger partial charge in [0, 0.05) is 19.5 Å². The lowest BCUT2D eigenvalue weighted by Gasteiger charge is -2.11. The maximum absolute atomic E-state index is 5.69. The van der Waals surface area contributed by atoms with E-state index in [9.17, 15) is 0 Å². The number of nitrogens with one attached hydrogen (secondary N) is 1. The first-order valence-corrected chi connectivity index (χ1v) is 7.20. The van der Waals surface area contributed by atoms with Crippen LogP contribution in [0.25, 0.3) is 0 Å². The third kappa shape index (κ3) is 4.22. The van der Waals surface area contributed by atoms with Crippen molar-refractivity contribution in [2.75, 3.05) is 6.54 Å². The lowest BCUT2D eigenvalue weighted by Crippen LogP contribution is -2.16. The summed E-state index contributed by atoms with van der Waals surface area (Å²) in [5, 5.41) is 7.44. The van der Waals surface area contributed by atoms with Crippen molar-refractivity contribution in [3.63, 3.8) is 0 Å². The van der Waals surface area contributed by atoms with Crippen molar-refractivity contribution in [3.05, 3.63) is 24.0 Å². The highest BCUT2D eigenvalue weighted by atomic mass is 16.5. The van der Waals surface area contributed by atoms with Gasteiger partial charge in [-0.05, 0) is 13.0 Å². The highest BCUT2D eigenvalue weighted by Crippen LogP contribution is 2.22. The first-order chi connectivity index (χ1) is 10.1. The molecule has 0 amide bonds. The number of rotatable bonds is 7. The molecule has 0 saturated carbocycles. The summed E-state index contributed by atoms with van der Waals surface area (Å²) < 4.78 is 7.28. The molecule has 0 spiro atoms. The van der Waals surface area contributed by atoms with E-state index in [1.807, 2.05) is 0 Å². The van der Waals surface area contributed by atoms with Crippen LogP contribution in [0, 0.1) is 0 Å². The molecule has 2 rings (SSSR count). The fourth-order valence-corrected chi connectivity index (χ4v) is 1.76. The van der Waals surface area contributed by atoms with E-state index in [1.165, 1.54) is 0 Å². The predicted octanol–water partition coefficient (Wildman–Crippen LogP) is 2.02. The number of hydrogen-bond donors (Lipinski definition) is 1. The van der Waals surface area contributed by atoms with E-state index in [2.05, 4.69) is 46.1 Å². The van der Waals surface area contributed by atoms with Gasteiger partial charge in [0.1, 0.15) is 17.8 Å². The summed E-state index contributed by atoms with van der Waals surface area (Å²) in [7, 11) is 1.79. The largest absolute Gasteiger partial charge is 0.420 e. The summed E-state index contributed by atoms with van der Waals surface area (Å²) in [5.41, 5.74) is 0.828. The van der Waals surface area contributed by atoms with Crippen LogP contribution in [-0.4, -0.2) is 31.3 Å². The topological polar surface area (TPSA) is 77.8 Å². The van der Waals surface area contributed by atoms with Gasteiger partial charge in [-0.1, -0.05) is 20.8 Å². The SMILES string of the molecule is CCCNCc1nc(C(C)C)ncc1Oc1ncn(C)n1. The molecule has 0 saturated heterocycles. The number of ether oxygens (including phenoxy) is 1. The van der Waals surface area contributed by atoms with E-state index in [1.54, 1.807) is 24.3 Å². The van der Waals surface area contributed by atoms with Gasteiger partial charge in [0.05, 0.1) is 6.20 Å².